The Balaban J connectivity index is 2.34. The maximum atomic E-state index is 11.5. The van der Waals surface area contributed by atoms with Gasteiger partial charge in [-0.2, -0.15) is 0 Å². The van der Waals surface area contributed by atoms with E-state index in [9.17, 15) is 13.2 Å². The molecule has 0 bridgehead atoms. The molecule has 1 saturated heterocycles. The molecule has 0 saturated carbocycles. The fraction of sp³-hybridized carbons (Fsp3) is 0.417. The molecule has 1 heterocycles. The lowest BCUT2D eigenvalue weighted by atomic mass is 10.1. The average molecular weight is 348 g/mol. The number of aromatic carboxylic acids is 1. The van der Waals surface area contributed by atoms with Crippen molar-refractivity contribution in [1.82, 2.24) is 0 Å². The lowest BCUT2D eigenvalue weighted by Crippen LogP contribution is -2.47. The van der Waals surface area contributed by atoms with Crippen molar-refractivity contribution in [3.63, 3.8) is 0 Å². The lowest BCUT2D eigenvalue weighted by Gasteiger charge is -2.35. The molecule has 1 aliphatic heterocycles. The molecule has 7 heteroatoms. The number of halogens is 1. The largest absolute Gasteiger partial charge is 0.478 e. The van der Waals surface area contributed by atoms with Crippen molar-refractivity contribution in [3.8, 4) is 0 Å². The van der Waals surface area contributed by atoms with E-state index < -0.39 is 15.8 Å². The molecule has 0 aliphatic carbocycles. The van der Waals surface area contributed by atoms with Crippen molar-refractivity contribution in [3.05, 3.63) is 28.2 Å². The Morgan fingerprint density at radius 2 is 2.11 bits per heavy atom. The predicted molar refractivity (Wildman–Crippen MR) is 76.6 cm³/mol. The fourth-order valence-electron chi connectivity index (χ4n) is 2.25. The second-order valence-corrected chi connectivity index (χ2v) is 7.80. The summed E-state index contributed by atoms with van der Waals surface area (Å²) in [7, 11) is -2.98. The summed E-state index contributed by atoms with van der Waals surface area (Å²) in [6.45, 7) is 2.22. The standard InChI is InChI=1S/C12H14BrNO4S/c1-8-7-19(17,18)3-2-14(8)11-5-9(12(15)16)4-10(13)6-11/h4-6,8H,2-3,7H2,1H3,(H,15,16). The van der Waals surface area contributed by atoms with Crippen molar-refractivity contribution in [1.29, 1.82) is 0 Å². The Morgan fingerprint density at radius 3 is 2.68 bits per heavy atom. The molecular formula is C12H14BrNO4S. The van der Waals surface area contributed by atoms with E-state index in [2.05, 4.69) is 15.9 Å². The number of carboxylic acids is 1. The maximum absolute atomic E-state index is 11.5. The second-order valence-electron chi connectivity index (χ2n) is 4.66. The average Bonchev–Trinajstić information content (AvgIpc) is 2.26. The van der Waals surface area contributed by atoms with Gasteiger partial charge < -0.3 is 10.0 Å². The van der Waals surface area contributed by atoms with Gasteiger partial charge in [0.15, 0.2) is 9.84 Å². The van der Waals surface area contributed by atoms with Crippen LogP contribution in [0, 0.1) is 0 Å². The number of hydrogen-bond donors (Lipinski definition) is 1. The number of anilines is 1. The molecule has 1 atom stereocenters. The number of nitrogens with zero attached hydrogens (tertiary/aromatic N) is 1. The quantitative estimate of drug-likeness (QED) is 0.882. The van der Waals surface area contributed by atoms with Crippen LogP contribution in [0.25, 0.3) is 0 Å². The van der Waals surface area contributed by atoms with Gasteiger partial charge in [0.05, 0.1) is 17.1 Å². The monoisotopic (exact) mass is 347 g/mol. The van der Waals surface area contributed by atoms with Gasteiger partial charge in [-0.25, -0.2) is 13.2 Å². The highest BCUT2D eigenvalue weighted by Gasteiger charge is 2.28. The van der Waals surface area contributed by atoms with E-state index in [1.54, 1.807) is 12.1 Å². The van der Waals surface area contributed by atoms with Crippen molar-refractivity contribution in [2.75, 3.05) is 23.0 Å². The highest BCUT2D eigenvalue weighted by atomic mass is 79.9. The van der Waals surface area contributed by atoms with E-state index in [0.717, 1.165) is 5.69 Å². The zero-order valence-corrected chi connectivity index (χ0v) is 12.7. The molecule has 1 fully saturated rings. The zero-order chi connectivity index (χ0) is 14.2. The molecular weight excluding hydrogens is 334 g/mol. The van der Waals surface area contributed by atoms with Crippen molar-refractivity contribution < 1.29 is 18.3 Å². The van der Waals surface area contributed by atoms with Crippen molar-refractivity contribution >= 4 is 37.4 Å². The molecule has 1 unspecified atom stereocenters. The maximum Gasteiger partial charge on any atom is 0.335 e. The first kappa shape index (κ1) is 14.3. The zero-order valence-electron chi connectivity index (χ0n) is 10.3. The highest BCUT2D eigenvalue weighted by molar-refractivity contribution is 9.10. The first-order chi connectivity index (χ1) is 8.78. The summed E-state index contributed by atoms with van der Waals surface area (Å²) in [5.74, 6) is -0.798. The van der Waals surface area contributed by atoms with Crippen LogP contribution < -0.4 is 4.90 Å². The molecule has 0 aromatic heterocycles. The molecule has 19 heavy (non-hydrogen) atoms. The van der Waals surface area contributed by atoms with Crippen LogP contribution in [0.1, 0.15) is 17.3 Å². The molecule has 1 aromatic rings. The van der Waals surface area contributed by atoms with Gasteiger partial charge in [-0.1, -0.05) is 15.9 Å². The van der Waals surface area contributed by atoms with Crippen LogP contribution in [-0.4, -0.2) is 43.6 Å². The predicted octanol–water partition coefficient (Wildman–Crippen LogP) is 1.77. The van der Waals surface area contributed by atoms with Crippen LogP contribution in [0.15, 0.2) is 22.7 Å². The third-order valence-corrected chi connectivity index (χ3v) is 5.38. The summed E-state index contributed by atoms with van der Waals surface area (Å²) in [5.41, 5.74) is 0.916. The number of sulfone groups is 1. The topological polar surface area (TPSA) is 74.7 Å². The minimum atomic E-state index is -2.98. The fourth-order valence-corrected chi connectivity index (χ4v) is 4.28. The molecule has 0 amide bonds. The van der Waals surface area contributed by atoms with Gasteiger partial charge in [0.25, 0.3) is 0 Å². The van der Waals surface area contributed by atoms with E-state index >= 15 is 0 Å². The van der Waals surface area contributed by atoms with Gasteiger partial charge >= 0.3 is 5.97 Å². The van der Waals surface area contributed by atoms with E-state index in [4.69, 9.17) is 5.11 Å². The van der Waals surface area contributed by atoms with E-state index in [0.29, 0.717) is 11.0 Å². The van der Waals surface area contributed by atoms with Crippen molar-refractivity contribution in [2.45, 2.75) is 13.0 Å². The molecule has 104 valence electrons. The Kier molecular flexibility index (Phi) is 3.87. The minimum absolute atomic E-state index is 0.0991. The summed E-state index contributed by atoms with van der Waals surface area (Å²) >= 11 is 3.28. The van der Waals surface area contributed by atoms with Gasteiger partial charge in [0.1, 0.15) is 0 Å². The summed E-state index contributed by atoms with van der Waals surface area (Å²) in [5, 5.41) is 9.05. The number of hydrogen-bond acceptors (Lipinski definition) is 4. The molecule has 5 nitrogen and oxygen atoms in total. The van der Waals surface area contributed by atoms with Crippen LogP contribution in [0.3, 0.4) is 0 Å². The molecule has 0 spiro atoms. The normalized spacial score (nSPS) is 22.2. The highest BCUT2D eigenvalue weighted by Crippen LogP contribution is 2.26. The summed E-state index contributed by atoms with van der Waals surface area (Å²) in [6, 6.07) is 4.74. The Morgan fingerprint density at radius 1 is 1.42 bits per heavy atom. The van der Waals surface area contributed by atoms with E-state index in [1.807, 2.05) is 11.8 Å². The van der Waals surface area contributed by atoms with Crippen LogP contribution in [0.2, 0.25) is 0 Å². The Bertz CT molecular complexity index is 614. The minimum Gasteiger partial charge on any atom is -0.478 e. The summed E-state index contributed by atoms with van der Waals surface area (Å²) in [6.07, 6.45) is 0. The smallest absolute Gasteiger partial charge is 0.335 e. The van der Waals surface area contributed by atoms with Crippen LogP contribution in [-0.2, 0) is 9.84 Å². The van der Waals surface area contributed by atoms with E-state index in [-0.39, 0.29) is 23.1 Å². The van der Waals surface area contributed by atoms with Gasteiger partial charge in [-0.15, -0.1) is 0 Å². The number of rotatable bonds is 2. The van der Waals surface area contributed by atoms with Gasteiger partial charge in [-0.05, 0) is 25.1 Å². The first-order valence-electron chi connectivity index (χ1n) is 5.79. The Hall–Kier alpha value is -1.08. The van der Waals surface area contributed by atoms with E-state index in [1.165, 1.54) is 6.07 Å². The molecule has 2 rings (SSSR count). The van der Waals surface area contributed by atoms with Crippen LogP contribution >= 0.6 is 15.9 Å². The lowest BCUT2D eigenvalue weighted by molar-refractivity contribution is 0.0697. The van der Waals surface area contributed by atoms with Gasteiger partial charge in [-0.3, -0.25) is 0 Å². The number of carbonyl (C=O) groups is 1. The third-order valence-electron chi connectivity index (χ3n) is 3.13. The molecule has 1 aromatic carbocycles. The van der Waals surface area contributed by atoms with Crippen molar-refractivity contribution in [2.24, 2.45) is 0 Å². The molecule has 0 radical (unpaired) electrons. The first-order valence-corrected chi connectivity index (χ1v) is 8.41. The number of benzene rings is 1. The SMILES string of the molecule is CC1CS(=O)(=O)CCN1c1cc(Br)cc(C(=O)O)c1. The molecule has 1 N–H and O–H groups in total. The van der Waals surface area contributed by atoms with Gasteiger partial charge in [0.2, 0.25) is 0 Å². The third kappa shape index (κ3) is 3.27. The summed E-state index contributed by atoms with van der Waals surface area (Å²) in [4.78, 5) is 13.0. The van der Waals surface area contributed by atoms with Crippen LogP contribution in [0.5, 0.6) is 0 Å². The summed E-state index contributed by atoms with van der Waals surface area (Å²) < 4.78 is 23.8. The van der Waals surface area contributed by atoms with Gasteiger partial charge in [0, 0.05) is 22.7 Å². The Labute approximate surface area is 120 Å². The second kappa shape index (κ2) is 5.13. The van der Waals surface area contributed by atoms with Crippen LogP contribution in [0.4, 0.5) is 5.69 Å². The number of carboxylic acid groups (broad SMARTS) is 1. The molecule has 1 aliphatic rings.